The van der Waals surface area contributed by atoms with Gasteiger partial charge in [0.1, 0.15) is 0 Å². The summed E-state index contributed by atoms with van der Waals surface area (Å²) >= 11 is 0. The molecule has 1 amide bonds. The van der Waals surface area contributed by atoms with Crippen LogP contribution in [0, 0.1) is 0 Å². The summed E-state index contributed by atoms with van der Waals surface area (Å²) in [7, 11) is 1.61. The molecule has 0 fully saturated rings. The van der Waals surface area contributed by atoms with E-state index >= 15 is 0 Å². The maximum atomic E-state index is 12.4. The molecule has 1 aliphatic rings. The van der Waals surface area contributed by atoms with Gasteiger partial charge in [-0.05, 0) is 12.5 Å². The van der Waals surface area contributed by atoms with E-state index in [0.717, 1.165) is 12.0 Å². The molecule has 0 saturated carbocycles. The van der Waals surface area contributed by atoms with Crippen LogP contribution in [0.25, 0.3) is 0 Å². The lowest BCUT2D eigenvalue weighted by molar-refractivity contribution is 0.0715. The molecule has 3 rings (SSSR count). The number of fused-ring (bicyclic) bond motifs is 1. The van der Waals surface area contributed by atoms with Crippen LogP contribution in [0.4, 0.5) is 0 Å². The first-order chi connectivity index (χ1) is 10.3. The van der Waals surface area contributed by atoms with Crippen molar-refractivity contribution in [3.05, 3.63) is 35.7 Å². The Morgan fingerprint density at radius 2 is 2.38 bits per heavy atom. The van der Waals surface area contributed by atoms with Crippen LogP contribution in [0.1, 0.15) is 22.5 Å². The van der Waals surface area contributed by atoms with Crippen molar-refractivity contribution in [2.45, 2.75) is 13.0 Å². The summed E-state index contributed by atoms with van der Waals surface area (Å²) in [5.41, 5.74) is 1.24. The molecule has 0 saturated heterocycles. The maximum Gasteiger partial charge on any atom is 0.276 e. The Kier molecular flexibility index (Phi) is 3.72. The average Bonchev–Trinajstić information content (AvgIpc) is 3.01. The minimum Gasteiger partial charge on any atom is -0.493 e. The highest BCUT2D eigenvalue weighted by Gasteiger charge is 2.23. The molecular weight excluding hydrogens is 272 g/mol. The number of para-hydroxylation sites is 1. The van der Waals surface area contributed by atoms with E-state index in [1.54, 1.807) is 12.0 Å². The average molecular weight is 288 g/mol. The number of H-pyrrole nitrogens is 1. The van der Waals surface area contributed by atoms with Crippen LogP contribution in [0.5, 0.6) is 11.5 Å². The Labute approximate surface area is 121 Å². The minimum absolute atomic E-state index is 0.139. The minimum atomic E-state index is -0.139. The molecule has 0 unspecified atom stereocenters. The van der Waals surface area contributed by atoms with E-state index in [1.165, 1.54) is 6.20 Å². The van der Waals surface area contributed by atoms with Gasteiger partial charge in [-0.1, -0.05) is 12.1 Å². The first-order valence-electron chi connectivity index (χ1n) is 6.73. The van der Waals surface area contributed by atoms with Crippen LogP contribution in [0.2, 0.25) is 0 Å². The van der Waals surface area contributed by atoms with E-state index in [0.29, 0.717) is 36.9 Å². The van der Waals surface area contributed by atoms with Crippen LogP contribution in [0.3, 0.4) is 0 Å². The highest BCUT2D eigenvalue weighted by Crippen LogP contribution is 2.33. The lowest BCUT2D eigenvalue weighted by Crippen LogP contribution is -2.34. The Morgan fingerprint density at radius 3 is 3.14 bits per heavy atom. The number of rotatable bonds is 2. The number of benzene rings is 1. The molecule has 2 heterocycles. The molecule has 1 aromatic carbocycles. The number of nitrogens with zero attached hydrogens (tertiary/aromatic N) is 3. The SMILES string of the molecule is COc1cccc2c1OCCCN(C(=O)c1cn[nH]n1)C2. The van der Waals surface area contributed by atoms with Crippen molar-refractivity contribution in [3.63, 3.8) is 0 Å². The first kappa shape index (κ1) is 13.4. The standard InChI is InChI=1S/C14H16N4O3/c1-20-12-5-2-4-10-9-18(6-3-7-21-13(10)12)14(19)11-8-15-17-16-11/h2,4-5,8H,3,6-7,9H2,1H3,(H,15,16,17). The normalized spacial score (nSPS) is 14.6. The molecule has 1 aliphatic heterocycles. The van der Waals surface area contributed by atoms with E-state index in [1.807, 2.05) is 18.2 Å². The van der Waals surface area contributed by atoms with Crippen molar-refractivity contribution in [1.82, 2.24) is 20.3 Å². The summed E-state index contributed by atoms with van der Waals surface area (Å²) in [6.07, 6.45) is 2.19. The predicted octanol–water partition coefficient (Wildman–Crippen LogP) is 1.24. The predicted molar refractivity (Wildman–Crippen MR) is 74.2 cm³/mol. The van der Waals surface area contributed by atoms with Crippen LogP contribution >= 0.6 is 0 Å². The molecule has 2 aromatic rings. The van der Waals surface area contributed by atoms with Crippen molar-refractivity contribution >= 4 is 5.91 Å². The van der Waals surface area contributed by atoms with Gasteiger partial charge in [-0.25, -0.2) is 0 Å². The molecule has 0 atom stereocenters. The van der Waals surface area contributed by atoms with Gasteiger partial charge in [0.2, 0.25) is 0 Å². The van der Waals surface area contributed by atoms with E-state index in [2.05, 4.69) is 15.4 Å². The lowest BCUT2D eigenvalue weighted by Gasteiger charge is -2.26. The number of carbonyl (C=O) groups is 1. The van der Waals surface area contributed by atoms with E-state index < -0.39 is 0 Å². The zero-order chi connectivity index (χ0) is 14.7. The second-order valence-corrected chi connectivity index (χ2v) is 4.73. The number of nitrogens with one attached hydrogen (secondary N) is 1. The number of methoxy groups -OCH3 is 1. The fourth-order valence-corrected chi connectivity index (χ4v) is 2.36. The fraction of sp³-hybridized carbons (Fsp3) is 0.357. The van der Waals surface area contributed by atoms with Crippen molar-refractivity contribution in [1.29, 1.82) is 0 Å². The van der Waals surface area contributed by atoms with Gasteiger partial charge in [0, 0.05) is 18.7 Å². The molecule has 110 valence electrons. The number of aromatic amines is 1. The van der Waals surface area contributed by atoms with Crippen molar-refractivity contribution in [2.24, 2.45) is 0 Å². The molecule has 0 bridgehead atoms. The summed E-state index contributed by atoms with van der Waals surface area (Å²) in [6.45, 7) is 1.61. The molecule has 1 N–H and O–H groups in total. The van der Waals surface area contributed by atoms with Crippen molar-refractivity contribution < 1.29 is 14.3 Å². The lowest BCUT2D eigenvalue weighted by atomic mass is 10.1. The number of amides is 1. The topological polar surface area (TPSA) is 80.3 Å². The largest absolute Gasteiger partial charge is 0.493 e. The molecular formula is C14H16N4O3. The molecule has 7 nitrogen and oxygen atoms in total. The number of carbonyl (C=O) groups excluding carboxylic acids is 1. The summed E-state index contributed by atoms with van der Waals surface area (Å²) in [5, 5.41) is 10.00. The number of hydrogen-bond donors (Lipinski definition) is 1. The van der Waals surface area contributed by atoms with Gasteiger partial charge < -0.3 is 14.4 Å². The van der Waals surface area contributed by atoms with Gasteiger partial charge in [-0.3, -0.25) is 4.79 Å². The summed E-state index contributed by atoms with van der Waals surface area (Å²) in [5.74, 6) is 1.25. The summed E-state index contributed by atoms with van der Waals surface area (Å²) in [4.78, 5) is 14.2. The highest BCUT2D eigenvalue weighted by molar-refractivity contribution is 5.91. The summed E-state index contributed by atoms with van der Waals surface area (Å²) in [6, 6.07) is 5.68. The third-order valence-corrected chi connectivity index (χ3v) is 3.38. The van der Waals surface area contributed by atoms with Gasteiger partial charge in [0.25, 0.3) is 5.91 Å². The third-order valence-electron chi connectivity index (χ3n) is 3.38. The monoisotopic (exact) mass is 288 g/mol. The van der Waals surface area contributed by atoms with E-state index in [9.17, 15) is 4.79 Å². The molecule has 21 heavy (non-hydrogen) atoms. The van der Waals surface area contributed by atoms with Crippen LogP contribution in [-0.4, -0.2) is 46.5 Å². The molecule has 0 spiro atoms. The second kappa shape index (κ2) is 5.82. The van der Waals surface area contributed by atoms with Gasteiger partial charge in [-0.2, -0.15) is 15.4 Å². The van der Waals surface area contributed by atoms with Gasteiger partial charge in [0.05, 0.1) is 19.9 Å². The van der Waals surface area contributed by atoms with Crippen LogP contribution in [0.15, 0.2) is 24.4 Å². The van der Waals surface area contributed by atoms with Crippen molar-refractivity contribution in [2.75, 3.05) is 20.3 Å². The van der Waals surface area contributed by atoms with Crippen LogP contribution in [-0.2, 0) is 6.54 Å². The molecule has 7 heteroatoms. The van der Waals surface area contributed by atoms with Crippen molar-refractivity contribution in [3.8, 4) is 11.5 Å². The molecule has 0 radical (unpaired) electrons. The third kappa shape index (κ3) is 2.67. The molecule has 1 aromatic heterocycles. The fourth-order valence-electron chi connectivity index (χ4n) is 2.36. The number of hydrogen-bond acceptors (Lipinski definition) is 5. The number of ether oxygens (including phenoxy) is 2. The number of aromatic nitrogens is 3. The van der Waals surface area contributed by atoms with Gasteiger partial charge in [0.15, 0.2) is 17.2 Å². The maximum absolute atomic E-state index is 12.4. The van der Waals surface area contributed by atoms with E-state index in [4.69, 9.17) is 9.47 Å². The van der Waals surface area contributed by atoms with E-state index in [-0.39, 0.29) is 5.91 Å². The summed E-state index contributed by atoms with van der Waals surface area (Å²) < 4.78 is 11.1. The van der Waals surface area contributed by atoms with Gasteiger partial charge in [-0.15, -0.1) is 0 Å². The second-order valence-electron chi connectivity index (χ2n) is 4.73. The first-order valence-corrected chi connectivity index (χ1v) is 6.73. The molecule has 0 aliphatic carbocycles. The Hall–Kier alpha value is -2.57. The zero-order valence-electron chi connectivity index (χ0n) is 11.7. The Bertz CT molecular complexity index is 627. The van der Waals surface area contributed by atoms with Gasteiger partial charge >= 0.3 is 0 Å². The quantitative estimate of drug-likeness (QED) is 0.899. The smallest absolute Gasteiger partial charge is 0.276 e. The highest BCUT2D eigenvalue weighted by atomic mass is 16.5. The Morgan fingerprint density at radius 1 is 1.48 bits per heavy atom. The van der Waals surface area contributed by atoms with Crippen LogP contribution < -0.4 is 9.47 Å². The Balaban J connectivity index is 1.90. The zero-order valence-corrected chi connectivity index (χ0v) is 11.7.